The van der Waals surface area contributed by atoms with Crippen LogP contribution in [0.1, 0.15) is 16.7 Å². The molecule has 0 aliphatic rings. The molecule has 3 N–H and O–H groups in total. The van der Waals surface area contributed by atoms with Crippen LogP contribution in [-0.2, 0) is 0 Å². The van der Waals surface area contributed by atoms with Crippen LogP contribution in [0.3, 0.4) is 0 Å². The molecule has 1 aromatic rings. The van der Waals surface area contributed by atoms with Gasteiger partial charge in [0.2, 0.25) is 0 Å². The maximum Gasteiger partial charge on any atom is 0.316 e. The molecule has 0 aliphatic carbocycles. The molecule has 0 heterocycles. The van der Waals surface area contributed by atoms with E-state index in [1.165, 1.54) is 5.56 Å². The van der Waals surface area contributed by atoms with Crippen molar-refractivity contribution in [3.05, 3.63) is 28.8 Å². The maximum atomic E-state index is 10.6. The average Bonchev–Trinajstić information content (AvgIpc) is 1.98. The number of aryl methyl sites for hydroxylation is 2. The lowest BCUT2D eigenvalue weighted by atomic mass is 10.0. The molecule has 1 rings (SSSR count). The van der Waals surface area contributed by atoms with E-state index in [1.54, 1.807) is 0 Å². The van der Waals surface area contributed by atoms with Crippen molar-refractivity contribution in [2.75, 3.05) is 5.32 Å². The summed E-state index contributed by atoms with van der Waals surface area (Å²) in [6.07, 6.45) is 0. The van der Waals surface area contributed by atoms with Crippen molar-refractivity contribution in [1.29, 1.82) is 0 Å². The van der Waals surface area contributed by atoms with Crippen molar-refractivity contribution < 1.29 is 4.79 Å². The largest absolute Gasteiger partial charge is 0.351 e. The summed E-state index contributed by atoms with van der Waals surface area (Å²) in [4.78, 5) is 10.6. The van der Waals surface area contributed by atoms with E-state index in [0.29, 0.717) is 0 Å². The van der Waals surface area contributed by atoms with Crippen molar-refractivity contribution in [2.24, 2.45) is 5.73 Å². The summed E-state index contributed by atoms with van der Waals surface area (Å²) in [5, 5.41) is 2.55. The second-order valence-corrected chi connectivity index (χ2v) is 3.22. The second-order valence-electron chi connectivity index (χ2n) is 3.22. The number of anilines is 1. The van der Waals surface area contributed by atoms with E-state index in [4.69, 9.17) is 5.73 Å². The number of urea groups is 1. The van der Waals surface area contributed by atoms with Gasteiger partial charge in [-0.1, -0.05) is 0 Å². The molecule has 2 amide bonds. The van der Waals surface area contributed by atoms with Crippen molar-refractivity contribution >= 4 is 11.7 Å². The zero-order valence-electron chi connectivity index (χ0n) is 8.14. The Balaban J connectivity index is 3.06. The van der Waals surface area contributed by atoms with Crippen molar-refractivity contribution in [3.63, 3.8) is 0 Å². The van der Waals surface area contributed by atoms with Gasteiger partial charge in [0.25, 0.3) is 0 Å². The summed E-state index contributed by atoms with van der Waals surface area (Å²) in [7, 11) is 0. The number of rotatable bonds is 1. The minimum atomic E-state index is -0.525. The summed E-state index contributed by atoms with van der Waals surface area (Å²) in [6.45, 7) is 6.07. The van der Waals surface area contributed by atoms with Crippen LogP contribution in [0.5, 0.6) is 0 Å². The standard InChI is InChI=1S/C10H14N2O/c1-6-4-9(12-10(11)13)5-7(2)8(6)3/h4-5H,1-3H3,(H3,11,12,13). The lowest BCUT2D eigenvalue weighted by Crippen LogP contribution is -2.19. The van der Waals surface area contributed by atoms with Gasteiger partial charge >= 0.3 is 6.03 Å². The number of amides is 2. The monoisotopic (exact) mass is 178 g/mol. The van der Waals surface area contributed by atoms with E-state index in [0.717, 1.165) is 16.8 Å². The summed E-state index contributed by atoms with van der Waals surface area (Å²) >= 11 is 0. The predicted molar refractivity (Wildman–Crippen MR) is 53.9 cm³/mol. The van der Waals surface area contributed by atoms with Gasteiger partial charge in [-0.3, -0.25) is 0 Å². The number of carbonyl (C=O) groups excluding carboxylic acids is 1. The smallest absolute Gasteiger partial charge is 0.316 e. The maximum absolute atomic E-state index is 10.6. The average molecular weight is 178 g/mol. The van der Waals surface area contributed by atoms with Gasteiger partial charge in [-0.2, -0.15) is 0 Å². The Bertz CT molecular complexity index is 322. The minimum absolute atomic E-state index is 0.525. The van der Waals surface area contributed by atoms with Crippen molar-refractivity contribution in [1.82, 2.24) is 0 Å². The Kier molecular flexibility index (Phi) is 2.56. The fourth-order valence-corrected chi connectivity index (χ4v) is 1.25. The van der Waals surface area contributed by atoms with E-state index in [-0.39, 0.29) is 0 Å². The fraction of sp³-hybridized carbons (Fsp3) is 0.300. The lowest BCUT2D eigenvalue weighted by molar-refractivity contribution is 0.259. The first kappa shape index (κ1) is 9.58. The van der Waals surface area contributed by atoms with Crippen LogP contribution < -0.4 is 11.1 Å². The number of hydrogen-bond donors (Lipinski definition) is 2. The number of carbonyl (C=O) groups is 1. The first-order valence-electron chi connectivity index (χ1n) is 4.15. The zero-order valence-corrected chi connectivity index (χ0v) is 8.14. The van der Waals surface area contributed by atoms with Gasteiger partial charge < -0.3 is 11.1 Å². The van der Waals surface area contributed by atoms with Gasteiger partial charge in [-0.25, -0.2) is 4.79 Å². The minimum Gasteiger partial charge on any atom is -0.351 e. The normalized spacial score (nSPS) is 9.77. The molecule has 0 bridgehead atoms. The topological polar surface area (TPSA) is 55.1 Å². The third-order valence-corrected chi connectivity index (χ3v) is 2.19. The molecular weight excluding hydrogens is 164 g/mol. The molecule has 3 nitrogen and oxygen atoms in total. The van der Waals surface area contributed by atoms with Crippen LogP contribution in [0.2, 0.25) is 0 Å². The van der Waals surface area contributed by atoms with Crippen LogP contribution in [0.15, 0.2) is 12.1 Å². The molecular formula is C10H14N2O. The van der Waals surface area contributed by atoms with E-state index < -0.39 is 6.03 Å². The fourth-order valence-electron chi connectivity index (χ4n) is 1.25. The van der Waals surface area contributed by atoms with Gasteiger partial charge in [0, 0.05) is 5.69 Å². The number of primary amides is 1. The molecule has 13 heavy (non-hydrogen) atoms. The first-order chi connectivity index (χ1) is 6.00. The summed E-state index contributed by atoms with van der Waals surface area (Å²) in [5.74, 6) is 0. The molecule has 0 fully saturated rings. The molecule has 0 saturated carbocycles. The summed E-state index contributed by atoms with van der Waals surface area (Å²) < 4.78 is 0. The zero-order chi connectivity index (χ0) is 10.0. The third-order valence-electron chi connectivity index (χ3n) is 2.19. The lowest BCUT2D eigenvalue weighted by Gasteiger charge is -2.08. The Morgan fingerprint density at radius 3 is 2.08 bits per heavy atom. The van der Waals surface area contributed by atoms with Gasteiger partial charge in [0.05, 0.1) is 0 Å². The molecule has 0 spiro atoms. The van der Waals surface area contributed by atoms with Crippen molar-refractivity contribution in [2.45, 2.75) is 20.8 Å². The molecule has 0 radical (unpaired) electrons. The number of nitrogens with two attached hydrogens (primary N) is 1. The van der Waals surface area contributed by atoms with Gasteiger partial charge in [0.1, 0.15) is 0 Å². The molecule has 3 heteroatoms. The summed E-state index contributed by atoms with van der Waals surface area (Å²) in [6, 6.07) is 3.29. The van der Waals surface area contributed by atoms with Crippen molar-refractivity contribution in [3.8, 4) is 0 Å². The molecule has 0 aromatic heterocycles. The molecule has 0 unspecified atom stereocenters. The molecule has 0 aliphatic heterocycles. The molecule has 0 saturated heterocycles. The second kappa shape index (κ2) is 3.47. The van der Waals surface area contributed by atoms with E-state index in [1.807, 2.05) is 26.0 Å². The number of hydrogen-bond acceptors (Lipinski definition) is 1. The van der Waals surface area contributed by atoms with E-state index >= 15 is 0 Å². The number of nitrogens with one attached hydrogen (secondary N) is 1. The third kappa shape index (κ3) is 2.21. The quantitative estimate of drug-likeness (QED) is 0.679. The van der Waals surface area contributed by atoms with E-state index in [9.17, 15) is 4.79 Å². The van der Waals surface area contributed by atoms with Crippen LogP contribution in [0.4, 0.5) is 10.5 Å². The molecule has 70 valence electrons. The van der Waals surface area contributed by atoms with Crippen LogP contribution >= 0.6 is 0 Å². The highest BCUT2D eigenvalue weighted by molar-refractivity contribution is 5.88. The SMILES string of the molecule is Cc1cc(NC(N)=O)cc(C)c1C. The molecule has 1 aromatic carbocycles. The van der Waals surface area contributed by atoms with E-state index in [2.05, 4.69) is 12.2 Å². The van der Waals surface area contributed by atoms with Crippen LogP contribution in [0, 0.1) is 20.8 Å². The van der Waals surface area contributed by atoms with Gasteiger partial charge in [-0.15, -0.1) is 0 Å². The molecule has 0 atom stereocenters. The highest BCUT2D eigenvalue weighted by Gasteiger charge is 2.01. The van der Waals surface area contributed by atoms with Crippen LogP contribution in [-0.4, -0.2) is 6.03 Å². The predicted octanol–water partition coefficient (Wildman–Crippen LogP) is 2.10. The van der Waals surface area contributed by atoms with Crippen LogP contribution in [0.25, 0.3) is 0 Å². The Hall–Kier alpha value is -1.51. The summed E-state index contributed by atoms with van der Waals surface area (Å²) in [5.41, 5.74) is 9.33. The highest BCUT2D eigenvalue weighted by Crippen LogP contribution is 2.18. The highest BCUT2D eigenvalue weighted by atomic mass is 16.2. The first-order valence-corrected chi connectivity index (χ1v) is 4.15. The Labute approximate surface area is 77.9 Å². The van der Waals surface area contributed by atoms with Gasteiger partial charge in [0.15, 0.2) is 0 Å². The Morgan fingerprint density at radius 1 is 1.23 bits per heavy atom. The van der Waals surface area contributed by atoms with Gasteiger partial charge in [-0.05, 0) is 49.6 Å². The number of benzene rings is 1. The Morgan fingerprint density at radius 2 is 1.69 bits per heavy atom.